The summed E-state index contributed by atoms with van der Waals surface area (Å²) in [6, 6.07) is 0. The van der Waals surface area contributed by atoms with Gasteiger partial charge < -0.3 is 0 Å². The van der Waals surface area contributed by atoms with Gasteiger partial charge in [-0.1, -0.05) is 0 Å². The van der Waals surface area contributed by atoms with Crippen molar-refractivity contribution in [2.45, 2.75) is 11.1 Å². The van der Waals surface area contributed by atoms with E-state index in [2.05, 4.69) is 6.92 Å². The molecule has 0 unspecified atom stereocenters. The molecule has 0 atom stereocenters. The van der Waals surface area contributed by atoms with Crippen molar-refractivity contribution in [2.75, 3.05) is 0 Å². The minimum absolute atomic E-state index is 0.562. The zero-order chi connectivity index (χ0) is 3.41. The molecule has 0 aromatic heterocycles. The van der Waals surface area contributed by atoms with Crippen LogP contribution in [0.2, 0.25) is 4.18 Å². The van der Waals surface area contributed by atoms with Gasteiger partial charge in [0.2, 0.25) is 0 Å². The summed E-state index contributed by atoms with van der Waals surface area (Å²) in [6.07, 6.45) is 0. The number of hydrogen-bond acceptors (Lipinski definition) is 0. The summed E-state index contributed by atoms with van der Waals surface area (Å²) in [5.41, 5.74) is 0. The number of hydrogen-bond donors (Lipinski definition) is 0. The van der Waals surface area contributed by atoms with Crippen LogP contribution in [0.5, 0.6) is 0 Å². The average molecular weight is 180 g/mol. The third kappa shape index (κ3) is 3.16. The number of halogens is 1. The van der Waals surface area contributed by atoms with Crippen LogP contribution in [0.15, 0.2) is 0 Å². The zero-order valence-corrected chi connectivity index (χ0v) is 7.58. The Labute approximate surface area is 41.5 Å². The van der Waals surface area contributed by atoms with Crippen LogP contribution >= 0.6 is 8.58 Å². The molecule has 0 radical (unpaired) electrons. The van der Waals surface area contributed by atoms with E-state index in [4.69, 9.17) is 8.58 Å². The predicted octanol–water partition coefficient (Wildman–Crippen LogP) is 1.01. The van der Waals surface area contributed by atoms with Crippen LogP contribution in [0.1, 0.15) is 6.92 Å². The van der Waals surface area contributed by atoms with Gasteiger partial charge in [-0.25, -0.2) is 0 Å². The van der Waals surface area contributed by atoms with Crippen molar-refractivity contribution in [3.8, 4) is 0 Å². The Hall–Kier alpha value is 1.16. The fourth-order valence-corrected chi connectivity index (χ4v) is 0. The molecule has 0 rings (SSSR count). The van der Waals surface area contributed by atoms with Gasteiger partial charge in [0.25, 0.3) is 0 Å². The molecule has 0 bridgehead atoms. The fourth-order valence-electron chi connectivity index (χ4n) is 0. The summed E-state index contributed by atoms with van der Waals surface area (Å²) in [7, 11) is 5.40. The molecule has 2 heteroatoms. The summed E-state index contributed by atoms with van der Waals surface area (Å²) in [6.45, 7) is 2.14. The van der Waals surface area contributed by atoms with E-state index in [0.717, 1.165) is 0 Å². The summed E-state index contributed by atoms with van der Waals surface area (Å²) in [4.78, 5) is 0. The van der Waals surface area contributed by atoms with Gasteiger partial charge in [-0.15, -0.1) is 0 Å². The second-order valence-corrected chi connectivity index (χ2v) is 7.16. The van der Waals surface area contributed by atoms with E-state index < -0.39 is 21.7 Å². The molecule has 0 aromatic rings. The molecular formula is C2H6ClIn. The average Bonchev–Trinajstić information content (AvgIpc) is 1.37. The van der Waals surface area contributed by atoms with Crippen LogP contribution in [-0.2, 0) is 0 Å². The van der Waals surface area contributed by atoms with Gasteiger partial charge in [0.05, 0.1) is 0 Å². The maximum absolute atomic E-state index is 5.40. The van der Waals surface area contributed by atoms with Crippen LogP contribution < -0.4 is 0 Å². The minimum atomic E-state index is -0.562. The summed E-state index contributed by atoms with van der Waals surface area (Å²) >= 11 is -0.562. The molecule has 0 aliphatic heterocycles. The second kappa shape index (κ2) is 4.16. The Morgan fingerprint density at radius 3 is 2.25 bits per heavy atom. The van der Waals surface area contributed by atoms with Crippen LogP contribution in [-0.4, -0.2) is 21.7 Å². The van der Waals surface area contributed by atoms with E-state index in [0.29, 0.717) is 0 Å². The van der Waals surface area contributed by atoms with Crippen molar-refractivity contribution in [3.05, 3.63) is 0 Å². The maximum atomic E-state index is 5.40. The van der Waals surface area contributed by atoms with E-state index in [9.17, 15) is 0 Å². The Bertz CT molecular complexity index is 8.00. The molecule has 0 nitrogen and oxygen atoms in total. The predicted molar refractivity (Wildman–Crippen MR) is 23.5 cm³/mol. The Kier molecular flexibility index (Phi) is 5.37. The van der Waals surface area contributed by atoms with E-state index in [-0.39, 0.29) is 0 Å². The van der Waals surface area contributed by atoms with Crippen LogP contribution in [0.3, 0.4) is 0 Å². The Balaban J connectivity index is 1.97. The second-order valence-electron chi connectivity index (χ2n) is 0.689. The quantitative estimate of drug-likeness (QED) is 0.565. The molecule has 0 saturated heterocycles. The van der Waals surface area contributed by atoms with E-state index in [1.54, 1.807) is 0 Å². The topological polar surface area (TPSA) is 0 Å². The third-order valence-electron chi connectivity index (χ3n) is 0.189. The fraction of sp³-hybridized carbons (Fsp3) is 1.00. The first kappa shape index (κ1) is 5.16. The van der Waals surface area contributed by atoms with Crippen molar-refractivity contribution < 1.29 is 0 Å². The summed E-state index contributed by atoms with van der Waals surface area (Å²) < 4.78 is 1.29. The molecule has 0 spiro atoms. The number of rotatable bonds is 1. The molecule has 0 N–H and O–H groups in total. The third-order valence-corrected chi connectivity index (χ3v) is 3.80. The first-order valence-corrected chi connectivity index (χ1v) is 9.44. The van der Waals surface area contributed by atoms with Gasteiger partial charge in [-0.2, -0.15) is 0 Å². The van der Waals surface area contributed by atoms with Crippen molar-refractivity contribution >= 4 is 30.3 Å². The monoisotopic (exact) mass is 180 g/mol. The summed E-state index contributed by atoms with van der Waals surface area (Å²) in [5, 5.41) is 0. The van der Waals surface area contributed by atoms with E-state index in [1.165, 1.54) is 4.18 Å². The standard InChI is InChI=1S/C2H5.ClH.In.H/c1-2;;;/h1H2,2H3;1H;;/q;;+1;/p-1. The van der Waals surface area contributed by atoms with Crippen molar-refractivity contribution in [3.63, 3.8) is 0 Å². The Morgan fingerprint density at radius 2 is 2.25 bits per heavy atom. The van der Waals surface area contributed by atoms with Gasteiger partial charge in [0, 0.05) is 0 Å². The van der Waals surface area contributed by atoms with Gasteiger partial charge in [0.1, 0.15) is 0 Å². The molecule has 0 fully saturated rings. The molecule has 0 aliphatic carbocycles. The van der Waals surface area contributed by atoms with Crippen LogP contribution in [0.4, 0.5) is 0 Å². The molecule has 0 heterocycles. The van der Waals surface area contributed by atoms with Gasteiger partial charge in [-0.05, 0) is 0 Å². The van der Waals surface area contributed by atoms with Gasteiger partial charge in [-0.3, -0.25) is 0 Å². The van der Waals surface area contributed by atoms with Crippen LogP contribution in [0.25, 0.3) is 0 Å². The van der Waals surface area contributed by atoms with E-state index >= 15 is 0 Å². The Morgan fingerprint density at radius 1 is 2.00 bits per heavy atom. The summed E-state index contributed by atoms with van der Waals surface area (Å²) in [5.74, 6) is 0. The first-order chi connectivity index (χ1) is 1.91. The van der Waals surface area contributed by atoms with Crippen molar-refractivity contribution in [2.24, 2.45) is 0 Å². The van der Waals surface area contributed by atoms with Gasteiger partial charge in [0.15, 0.2) is 0 Å². The van der Waals surface area contributed by atoms with Gasteiger partial charge >= 0.3 is 41.4 Å². The first-order valence-electron chi connectivity index (χ1n) is 1.47. The molecule has 0 aliphatic rings. The van der Waals surface area contributed by atoms with Crippen molar-refractivity contribution in [1.82, 2.24) is 0 Å². The van der Waals surface area contributed by atoms with E-state index in [1.807, 2.05) is 0 Å². The van der Waals surface area contributed by atoms with Crippen molar-refractivity contribution in [1.29, 1.82) is 0 Å². The van der Waals surface area contributed by atoms with Crippen LogP contribution in [0, 0.1) is 0 Å². The molecular weight excluding hydrogens is 174 g/mol. The molecule has 0 aromatic carbocycles. The SMILES string of the molecule is C[CH2][InH][Cl]. The molecule has 0 saturated carbocycles. The molecule has 24 valence electrons. The molecule has 0 amide bonds. The zero-order valence-electron chi connectivity index (χ0n) is 2.79. The normalized spacial score (nSPS) is 6.50. The molecule has 4 heavy (non-hydrogen) atoms.